The molecule has 0 aliphatic heterocycles. The molecule has 0 spiro atoms. The van der Waals surface area contributed by atoms with Crippen LogP contribution in [0.15, 0.2) is 25.3 Å². The average molecular weight is 398 g/mol. The van der Waals surface area contributed by atoms with E-state index in [1.807, 2.05) is 0 Å². The number of hydrogen-bond acceptors (Lipinski definition) is 7. The van der Waals surface area contributed by atoms with Gasteiger partial charge in [-0.25, -0.2) is 4.18 Å². The fourth-order valence-corrected chi connectivity index (χ4v) is 4.55. The van der Waals surface area contributed by atoms with E-state index in [0.717, 1.165) is 19.1 Å². The summed E-state index contributed by atoms with van der Waals surface area (Å²) in [5.41, 5.74) is -1.89. The van der Waals surface area contributed by atoms with Gasteiger partial charge < -0.3 is 10.6 Å². The molecule has 3 N–H and O–H groups in total. The van der Waals surface area contributed by atoms with Gasteiger partial charge in [-0.1, -0.05) is 20.1 Å². The summed E-state index contributed by atoms with van der Waals surface area (Å²) in [6, 6.07) is 0. The second-order valence-corrected chi connectivity index (χ2v) is 8.44. The molecule has 25 heavy (non-hydrogen) atoms. The number of nitrogens with one attached hydrogen (secondary N) is 2. The van der Waals surface area contributed by atoms with Crippen LogP contribution in [-0.4, -0.2) is 56.5 Å². The van der Waals surface area contributed by atoms with Crippen LogP contribution in [0, 0.1) is 0 Å². The third kappa shape index (κ3) is 9.96. The van der Waals surface area contributed by atoms with Crippen molar-refractivity contribution in [2.75, 3.05) is 11.5 Å². The molecule has 2 atom stereocenters. The summed E-state index contributed by atoms with van der Waals surface area (Å²) in [5, 5.41) is 4.37. The van der Waals surface area contributed by atoms with E-state index in [9.17, 15) is 26.4 Å². The van der Waals surface area contributed by atoms with E-state index in [1.165, 1.54) is 0 Å². The first-order valence-electron chi connectivity index (χ1n) is 6.99. The first kappa shape index (κ1) is 23.2. The lowest BCUT2D eigenvalue weighted by molar-refractivity contribution is -0.119. The van der Waals surface area contributed by atoms with Crippen molar-refractivity contribution in [3.05, 3.63) is 25.3 Å². The molecule has 0 radical (unpaired) electrons. The van der Waals surface area contributed by atoms with Gasteiger partial charge in [-0.2, -0.15) is 16.8 Å². The van der Waals surface area contributed by atoms with E-state index in [4.69, 9.17) is 8.74 Å². The van der Waals surface area contributed by atoms with Gasteiger partial charge in [0, 0.05) is 0 Å². The highest BCUT2D eigenvalue weighted by atomic mass is 32.2. The Hall–Kier alpha value is -1.76. The number of carbonyl (C=O) groups excluding carboxylic acids is 2. The summed E-state index contributed by atoms with van der Waals surface area (Å²) < 4.78 is 60.5. The maximum Gasteiger partial charge on any atom is 0.271 e. The van der Waals surface area contributed by atoms with Gasteiger partial charge in [0.1, 0.15) is 6.23 Å². The lowest BCUT2D eigenvalue weighted by atomic mass is 10.1. The molecule has 0 aromatic rings. The standard InChI is InChI=1S/C13H22N2O8S2/c1-5-10(16)14-12(7-3)23-25(21,22)9-13(4,8-24(18,19)20)15-11(17)6-2/h5-6,12H,1-2,7-9H2,3-4H3,(H,14,16)(H,15,17)(H,18,19,20). The molecular formula is C13H22N2O8S2. The Morgan fingerprint density at radius 3 is 2.08 bits per heavy atom. The summed E-state index contributed by atoms with van der Waals surface area (Å²) in [6.45, 7) is 9.04. The van der Waals surface area contributed by atoms with Crippen LogP contribution in [0.4, 0.5) is 0 Å². The largest absolute Gasteiger partial charge is 0.345 e. The summed E-state index contributed by atoms with van der Waals surface area (Å²) >= 11 is 0. The summed E-state index contributed by atoms with van der Waals surface area (Å²) in [7, 11) is -9.02. The highest BCUT2D eigenvalue weighted by Gasteiger charge is 2.37. The minimum atomic E-state index is -4.62. The van der Waals surface area contributed by atoms with Crippen molar-refractivity contribution in [1.82, 2.24) is 10.6 Å². The van der Waals surface area contributed by atoms with E-state index >= 15 is 0 Å². The van der Waals surface area contributed by atoms with Crippen molar-refractivity contribution in [1.29, 1.82) is 0 Å². The monoisotopic (exact) mass is 398 g/mol. The smallest absolute Gasteiger partial charge is 0.271 e. The summed E-state index contributed by atoms with van der Waals surface area (Å²) in [5.74, 6) is -3.55. The van der Waals surface area contributed by atoms with Gasteiger partial charge in [0.2, 0.25) is 11.8 Å². The third-order valence-electron chi connectivity index (χ3n) is 2.73. The van der Waals surface area contributed by atoms with Gasteiger partial charge in [-0.15, -0.1) is 0 Å². The molecular weight excluding hydrogens is 376 g/mol. The Morgan fingerprint density at radius 2 is 1.68 bits per heavy atom. The lowest BCUT2D eigenvalue weighted by Crippen LogP contribution is -2.55. The molecule has 0 saturated carbocycles. The molecule has 0 aromatic carbocycles. The van der Waals surface area contributed by atoms with Gasteiger partial charge in [-0.3, -0.25) is 14.1 Å². The molecule has 0 saturated heterocycles. The second kappa shape index (κ2) is 9.08. The minimum Gasteiger partial charge on any atom is -0.345 e. The van der Waals surface area contributed by atoms with Crippen LogP contribution in [0.25, 0.3) is 0 Å². The number of amides is 2. The predicted octanol–water partition coefficient (Wildman–Crippen LogP) is -0.680. The zero-order valence-electron chi connectivity index (χ0n) is 13.9. The van der Waals surface area contributed by atoms with Gasteiger partial charge in [0.25, 0.3) is 20.2 Å². The fourth-order valence-electron chi connectivity index (χ4n) is 1.88. The highest BCUT2D eigenvalue weighted by molar-refractivity contribution is 7.87. The molecule has 2 unspecified atom stereocenters. The van der Waals surface area contributed by atoms with Crippen molar-refractivity contribution in [3.8, 4) is 0 Å². The predicted molar refractivity (Wildman–Crippen MR) is 90.5 cm³/mol. The van der Waals surface area contributed by atoms with E-state index in [0.29, 0.717) is 0 Å². The van der Waals surface area contributed by atoms with E-state index < -0.39 is 55.3 Å². The van der Waals surface area contributed by atoms with Crippen LogP contribution < -0.4 is 10.6 Å². The van der Waals surface area contributed by atoms with Crippen molar-refractivity contribution in [2.45, 2.75) is 32.0 Å². The maximum absolute atomic E-state index is 12.2. The van der Waals surface area contributed by atoms with E-state index in [2.05, 4.69) is 23.8 Å². The molecule has 0 fully saturated rings. The molecule has 0 heterocycles. The van der Waals surface area contributed by atoms with Crippen LogP contribution in [0.3, 0.4) is 0 Å². The Labute approximate surface area is 147 Å². The van der Waals surface area contributed by atoms with E-state index in [-0.39, 0.29) is 6.42 Å². The Bertz CT molecular complexity index is 729. The molecule has 0 bridgehead atoms. The van der Waals surface area contributed by atoms with Gasteiger partial charge in [0.05, 0.1) is 17.0 Å². The van der Waals surface area contributed by atoms with Gasteiger partial charge in [0.15, 0.2) is 0 Å². The zero-order chi connectivity index (χ0) is 19.9. The van der Waals surface area contributed by atoms with Crippen LogP contribution in [-0.2, 0) is 34.0 Å². The first-order chi connectivity index (χ1) is 11.3. The number of carbonyl (C=O) groups is 2. The van der Waals surface area contributed by atoms with Crippen molar-refractivity contribution < 1.29 is 35.2 Å². The average Bonchev–Trinajstić information content (AvgIpc) is 2.42. The quantitative estimate of drug-likeness (QED) is 0.179. The topological polar surface area (TPSA) is 156 Å². The molecule has 10 nitrogen and oxygen atoms in total. The molecule has 2 amide bonds. The highest BCUT2D eigenvalue weighted by Crippen LogP contribution is 2.14. The van der Waals surface area contributed by atoms with Gasteiger partial charge >= 0.3 is 0 Å². The Balaban J connectivity index is 5.42. The van der Waals surface area contributed by atoms with Crippen LogP contribution in [0.1, 0.15) is 20.3 Å². The van der Waals surface area contributed by atoms with Crippen LogP contribution >= 0.6 is 0 Å². The maximum atomic E-state index is 12.2. The lowest BCUT2D eigenvalue weighted by Gasteiger charge is -2.29. The zero-order valence-corrected chi connectivity index (χ0v) is 15.5. The summed E-state index contributed by atoms with van der Waals surface area (Å²) in [4.78, 5) is 22.7. The summed E-state index contributed by atoms with van der Waals surface area (Å²) in [6.07, 6.45) is 0.619. The number of hydrogen-bond donors (Lipinski definition) is 3. The van der Waals surface area contributed by atoms with Crippen molar-refractivity contribution in [3.63, 3.8) is 0 Å². The minimum absolute atomic E-state index is 0.0901. The Kier molecular flexibility index (Phi) is 8.44. The normalized spacial score (nSPS) is 15.5. The third-order valence-corrected chi connectivity index (χ3v) is 5.25. The van der Waals surface area contributed by atoms with Crippen molar-refractivity contribution >= 4 is 32.1 Å². The van der Waals surface area contributed by atoms with E-state index in [1.54, 1.807) is 6.92 Å². The molecule has 12 heteroatoms. The second-order valence-electron chi connectivity index (χ2n) is 5.39. The number of rotatable bonds is 11. The first-order valence-corrected chi connectivity index (χ1v) is 10.2. The molecule has 0 aromatic heterocycles. The van der Waals surface area contributed by atoms with Crippen molar-refractivity contribution in [2.24, 2.45) is 0 Å². The Morgan fingerprint density at radius 1 is 1.16 bits per heavy atom. The fraction of sp³-hybridized carbons (Fsp3) is 0.538. The van der Waals surface area contributed by atoms with Crippen LogP contribution in [0.2, 0.25) is 0 Å². The van der Waals surface area contributed by atoms with Gasteiger partial charge in [-0.05, 0) is 25.5 Å². The molecule has 0 aliphatic rings. The SMILES string of the molecule is C=CC(=O)NC(CC)OS(=O)(=O)CC(C)(CS(=O)(=O)O)NC(=O)C=C. The molecule has 144 valence electrons. The van der Waals surface area contributed by atoms with Crippen LogP contribution in [0.5, 0.6) is 0 Å². The molecule has 0 aliphatic carbocycles. The molecule has 0 rings (SSSR count).